The van der Waals surface area contributed by atoms with E-state index in [1.807, 2.05) is 36.2 Å². The van der Waals surface area contributed by atoms with Gasteiger partial charge in [-0.3, -0.25) is 4.79 Å². The highest BCUT2D eigenvalue weighted by Gasteiger charge is 2.24. The molecule has 1 amide bonds. The maximum Gasteiger partial charge on any atom is 0.257 e. The highest BCUT2D eigenvalue weighted by atomic mass is 32.1. The van der Waals surface area contributed by atoms with Crippen LogP contribution in [-0.4, -0.2) is 65.6 Å². The number of thiophene rings is 1. The van der Waals surface area contributed by atoms with E-state index in [4.69, 9.17) is 9.47 Å². The van der Waals surface area contributed by atoms with Crippen LogP contribution in [0.1, 0.15) is 33.1 Å². The van der Waals surface area contributed by atoms with Crippen molar-refractivity contribution >= 4 is 33.2 Å². The molecule has 9 heteroatoms. The molecule has 3 radical (unpaired) electrons. The maximum atomic E-state index is 13.1. The van der Waals surface area contributed by atoms with E-state index in [0.29, 0.717) is 31.1 Å². The summed E-state index contributed by atoms with van der Waals surface area (Å²) < 4.78 is 11.4. The summed E-state index contributed by atoms with van der Waals surface area (Å²) in [5, 5.41) is 8.62. The molecule has 1 aliphatic heterocycles. The van der Waals surface area contributed by atoms with Gasteiger partial charge in [0.1, 0.15) is 5.75 Å². The number of nitrogens with one attached hydrogen (secondary N) is 2. The Hall–Kier alpha value is -2.88. The van der Waals surface area contributed by atoms with Gasteiger partial charge in [-0.2, -0.15) is 0 Å². The van der Waals surface area contributed by atoms with Crippen LogP contribution in [0.2, 0.25) is 0 Å². The van der Waals surface area contributed by atoms with Crippen molar-refractivity contribution in [3.8, 4) is 11.6 Å². The van der Waals surface area contributed by atoms with Gasteiger partial charge in [0, 0.05) is 42.7 Å². The molecule has 3 heterocycles. The Morgan fingerprint density at radius 1 is 1.29 bits per heavy atom. The summed E-state index contributed by atoms with van der Waals surface area (Å²) in [6, 6.07) is 14.0. The zero-order valence-electron chi connectivity index (χ0n) is 19.4. The van der Waals surface area contributed by atoms with Crippen molar-refractivity contribution in [1.82, 2.24) is 15.2 Å². The second kappa shape index (κ2) is 11.5. The number of nitrogens with zero attached hydrogens (tertiary/aromatic N) is 2. The molecule has 2 aromatic heterocycles. The number of rotatable bonds is 10. The molecule has 2 N–H and O–H groups in total. The molecule has 7 nitrogen and oxygen atoms in total. The molecular weight excluding hydrogens is 464 g/mol. The van der Waals surface area contributed by atoms with Crippen molar-refractivity contribution in [1.29, 1.82) is 0 Å². The van der Waals surface area contributed by atoms with Gasteiger partial charge in [-0.25, -0.2) is 4.98 Å². The molecule has 34 heavy (non-hydrogen) atoms. The van der Waals surface area contributed by atoms with E-state index in [0.717, 1.165) is 30.0 Å². The topological polar surface area (TPSA) is 75.7 Å². The Labute approximate surface area is 207 Å². The van der Waals surface area contributed by atoms with Gasteiger partial charge in [-0.05, 0) is 49.2 Å². The van der Waals surface area contributed by atoms with E-state index in [2.05, 4.69) is 43.4 Å². The van der Waals surface area contributed by atoms with Crippen molar-refractivity contribution < 1.29 is 14.3 Å². The third-order valence-corrected chi connectivity index (χ3v) is 7.37. The number of benzene rings is 1. The number of hydrogen-bond donors (Lipinski definition) is 2. The average molecular weight is 494 g/mol. The Kier molecular flexibility index (Phi) is 8.20. The molecule has 1 aliphatic rings. The van der Waals surface area contributed by atoms with Crippen molar-refractivity contribution in [3.63, 3.8) is 0 Å². The van der Waals surface area contributed by atoms with Gasteiger partial charge in [-0.15, -0.1) is 11.3 Å². The van der Waals surface area contributed by atoms with Crippen molar-refractivity contribution in [3.05, 3.63) is 70.0 Å². The van der Waals surface area contributed by atoms with Crippen LogP contribution in [0.5, 0.6) is 11.6 Å². The number of anilines is 1. The number of ether oxygens (including phenoxy) is 2. The molecule has 0 bridgehead atoms. The fraction of sp³-hybridized carbons (Fsp3) is 0.360. The van der Waals surface area contributed by atoms with E-state index in [9.17, 15) is 4.79 Å². The lowest BCUT2D eigenvalue weighted by molar-refractivity contribution is 0.0755. The second-order valence-corrected chi connectivity index (χ2v) is 9.67. The zero-order valence-corrected chi connectivity index (χ0v) is 21.2. The van der Waals surface area contributed by atoms with Gasteiger partial charge in [0.15, 0.2) is 0 Å². The third kappa shape index (κ3) is 5.78. The molecule has 2 atom stereocenters. The number of pyridine rings is 1. The van der Waals surface area contributed by atoms with Gasteiger partial charge < -0.3 is 25.0 Å². The molecule has 177 valence electrons. The fourth-order valence-electron chi connectivity index (χ4n) is 3.98. The molecule has 0 saturated carbocycles. The monoisotopic (exact) mass is 493 g/mol. The quantitative estimate of drug-likeness (QED) is 0.421. The molecule has 0 saturated heterocycles. The number of hydrogen-bond acceptors (Lipinski definition) is 7. The Balaban J connectivity index is 1.40. The van der Waals surface area contributed by atoms with Gasteiger partial charge >= 0.3 is 0 Å². The minimum Gasteiger partial charge on any atom is -0.494 e. The Morgan fingerprint density at radius 3 is 2.82 bits per heavy atom. The first-order chi connectivity index (χ1) is 16.6. The molecular formula is C25H29N4O3SSi. The minimum absolute atomic E-state index is 0.0426. The van der Waals surface area contributed by atoms with E-state index >= 15 is 0 Å². The fourth-order valence-corrected chi connectivity index (χ4v) is 5.47. The van der Waals surface area contributed by atoms with Crippen LogP contribution in [0.15, 0.2) is 54.0 Å². The summed E-state index contributed by atoms with van der Waals surface area (Å²) in [5.41, 5.74) is 2.21. The Morgan fingerprint density at radius 2 is 2.12 bits per heavy atom. The molecule has 0 spiro atoms. The van der Waals surface area contributed by atoms with Crippen molar-refractivity contribution in [2.24, 2.45) is 0 Å². The second-order valence-electron chi connectivity index (χ2n) is 8.12. The van der Waals surface area contributed by atoms with Crippen LogP contribution in [0, 0.1) is 0 Å². The number of methoxy groups -OCH3 is 1. The summed E-state index contributed by atoms with van der Waals surface area (Å²) in [6.45, 7) is 2.69. The zero-order chi connectivity index (χ0) is 23.9. The highest BCUT2D eigenvalue weighted by molar-refractivity contribution is 7.10. The number of amides is 1. The summed E-state index contributed by atoms with van der Waals surface area (Å²) in [5.74, 6) is 1.48. The lowest BCUT2D eigenvalue weighted by atomic mass is 10.0. The third-order valence-electron chi connectivity index (χ3n) is 5.84. The molecule has 1 aromatic carbocycles. The van der Waals surface area contributed by atoms with Crippen LogP contribution in [0.3, 0.4) is 0 Å². The van der Waals surface area contributed by atoms with Crippen LogP contribution in [0.4, 0.5) is 5.69 Å². The standard InChI is InChI=1S/C25H29N4O3SSi/c1-26-10-9-19(22-4-3-13-33-22)25(34)32-18-7-5-17(6-8-18)16-29-12-11-27-21-14-23(31-2)28-15-20(21)24(29)30/h3-8,13-15,19,25-27H,9-12,16H2,1-2H3/t19-,25?/m0/s1. The number of carbonyl (C=O) groups is 1. The SMILES string of the molecule is CNCC[C@@H](c1cccs1)C([Si])Oc1ccc(CN2CCNc3cc(OC)ncc3C2=O)cc1. The number of aromatic nitrogens is 1. The molecule has 1 unspecified atom stereocenters. The van der Waals surface area contributed by atoms with E-state index in [-0.39, 0.29) is 17.6 Å². The summed E-state index contributed by atoms with van der Waals surface area (Å²) in [6.07, 6.45) is 2.54. The lowest BCUT2D eigenvalue weighted by Gasteiger charge is -2.25. The number of carbonyl (C=O) groups excluding carboxylic acids is 1. The highest BCUT2D eigenvalue weighted by Crippen LogP contribution is 2.29. The predicted octanol–water partition coefficient (Wildman–Crippen LogP) is 3.49. The Bertz CT molecular complexity index is 1080. The number of fused-ring (bicyclic) bond motifs is 1. The van der Waals surface area contributed by atoms with E-state index in [1.54, 1.807) is 30.7 Å². The normalized spacial score (nSPS) is 15.1. The summed E-state index contributed by atoms with van der Waals surface area (Å²) in [7, 11) is 7.34. The molecule has 0 fully saturated rings. The minimum atomic E-state index is -0.142. The summed E-state index contributed by atoms with van der Waals surface area (Å²) >= 11 is 1.75. The first-order valence-electron chi connectivity index (χ1n) is 11.3. The first kappa shape index (κ1) is 24.2. The largest absolute Gasteiger partial charge is 0.494 e. The van der Waals surface area contributed by atoms with E-state index in [1.165, 1.54) is 4.88 Å². The maximum absolute atomic E-state index is 13.1. The van der Waals surface area contributed by atoms with Crippen molar-refractivity contribution in [2.75, 3.05) is 39.1 Å². The lowest BCUT2D eigenvalue weighted by Crippen LogP contribution is -2.32. The molecule has 4 rings (SSSR count). The van der Waals surface area contributed by atoms with Gasteiger partial charge in [-0.1, -0.05) is 18.2 Å². The first-order valence-corrected chi connectivity index (χ1v) is 12.8. The van der Waals surface area contributed by atoms with Gasteiger partial charge in [0.25, 0.3) is 5.91 Å². The smallest absolute Gasteiger partial charge is 0.257 e. The van der Waals surface area contributed by atoms with Gasteiger partial charge in [0.05, 0.1) is 34.3 Å². The molecule has 0 aliphatic carbocycles. The van der Waals surface area contributed by atoms with Gasteiger partial charge in [0.2, 0.25) is 5.88 Å². The van der Waals surface area contributed by atoms with Crippen molar-refractivity contribution in [2.45, 2.75) is 24.6 Å². The summed E-state index contributed by atoms with van der Waals surface area (Å²) in [4.78, 5) is 20.4. The molecule has 3 aromatic rings. The van der Waals surface area contributed by atoms with Crippen LogP contribution in [0.25, 0.3) is 0 Å². The average Bonchev–Trinajstić information content (AvgIpc) is 3.34. The predicted molar refractivity (Wildman–Crippen MR) is 136 cm³/mol. The van der Waals surface area contributed by atoms with Crippen LogP contribution in [-0.2, 0) is 6.54 Å². The van der Waals surface area contributed by atoms with Crippen LogP contribution >= 0.6 is 11.3 Å². The van der Waals surface area contributed by atoms with Crippen LogP contribution < -0.4 is 20.1 Å². The van der Waals surface area contributed by atoms with E-state index < -0.39 is 0 Å².